The van der Waals surface area contributed by atoms with Crippen LogP contribution in [0.5, 0.6) is 11.5 Å². The molecule has 0 radical (unpaired) electrons. The van der Waals surface area contributed by atoms with Crippen LogP contribution < -0.4 is 4.74 Å². The molecule has 5 nitrogen and oxygen atoms in total. The summed E-state index contributed by atoms with van der Waals surface area (Å²) in [4.78, 5) is 22.3. The molecular weight excluding hydrogens is 272 g/mol. The second-order valence-electron chi connectivity index (χ2n) is 5.95. The first-order chi connectivity index (χ1) is 9.96. The molecule has 0 amide bonds. The minimum absolute atomic E-state index is 0.110. The fourth-order valence-electron chi connectivity index (χ4n) is 2.94. The van der Waals surface area contributed by atoms with E-state index >= 15 is 0 Å². The third-order valence-electron chi connectivity index (χ3n) is 4.23. The van der Waals surface area contributed by atoms with Crippen molar-refractivity contribution in [1.29, 1.82) is 0 Å². The Bertz CT molecular complexity index is 539. The molecule has 5 heteroatoms. The van der Waals surface area contributed by atoms with Crippen LogP contribution in [-0.4, -0.2) is 29.1 Å². The Balaban J connectivity index is 2.02. The summed E-state index contributed by atoms with van der Waals surface area (Å²) in [5.41, 5.74) is -0.562. The van der Waals surface area contributed by atoms with Crippen molar-refractivity contribution in [3.05, 3.63) is 23.8 Å². The number of carbonyl (C=O) groups is 2. The van der Waals surface area contributed by atoms with Crippen molar-refractivity contribution in [1.82, 2.24) is 0 Å². The second kappa shape index (κ2) is 6.16. The summed E-state index contributed by atoms with van der Waals surface area (Å²) in [5.74, 6) is -0.394. The largest absolute Gasteiger partial charge is 0.507 e. The molecule has 0 bridgehead atoms. The highest BCUT2D eigenvalue weighted by Crippen LogP contribution is 2.39. The monoisotopic (exact) mass is 292 g/mol. The molecule has 1 aliphatic carbocycles. The molecule has 0 aromatic heterocycles. The van der Waals surface area contributed by atoms with Crippen molar-refractivity contribution < 1.29 is 24.5 Å². The number of phenols is 1. The Kier molecular flexibility index (Phi) is 4.50. The number of carboxylic acid groups (broad SMARTS) is 1. The Morgan fingerprint density at radius 3 is 2.95 bits per heavy atom. The highest BCUT2D eigenvalue weighted by molar-refractivity contribution is 5.83. The molecule has 1 aromatic rings. The zero-order chi connectivity index (χ0) is 15.5. The maximum Gasteiger partial charge on any atom is 0.309 e. The van der Waals surface area contributed by atoms with Crippen LogP contribution in [0, 0.1) is 11.3 Å². The highest BCUT2D eigenvalue weighted by Gasteiger charge is 2.38. The summed E-state index contributed by atoms with van der Waals surface area (Å²) in [7, 11) is 0. The topological polar surface area (TPSA) is 83.8 Å². The van der Waals surface area contributed by atoms with E-state index in [1.807, 2.05) is 0 Å². The summed E-state index contributed by atoms with van der Waals surface area (Å²) in [6.07, 6.45) is 3.59. The van der Waals surface area contributed by atoms with Crippen LogP contribution in [0.1, 0.15) is 43.0 Å². The number of carboxylic acids is 1. The molecule has 1 aromatic carbocycles. The molecule has 0 spiro atoms. The zero-order valence-electron chi connectivity index (χ0n) is 12.0. The Morgan fingerprint density at radius 1 is 1.52 bits per heavy atom. The van der Waals surface area contributed by atoms with E-state index in [2.05, 4.69) is 0 Å². The lowest BCUT2D eigenvalue weighted by Gasteiger charge is -2.34. The molecule has 0 aliphatic heterocycles. The molecule has 1 fully saturated rings. The molecule has 1 saturated carbocycles. The van der Waals surface area contributed by atoms with Gasteiger partial charge in [0.15, 0.2) is 6.29 Å². The third kappa shape index (κ3) is 3.35. The summed E-state index contributed by atoms with van der Waals surface area (Å²) < 4.78 is 5.64. The van der Waals surface area contributed by atoms with Crippen molar-refractivity contribution in [2.75, 3.05) is 6.61 Å². The van der Waals surface area contributed by atoms with Gasteiger partial charge in [-0.05, 0) is 44.2 Å². The number of carbonyl (C=O) groups excluding carboxylic acids is 1. The lowest BCUT2D eigenvalue weighted by molar-refractivity contribution is -0.151. The predicted molar refractivity (Wildman–Crippen MR) is 76.7 cm³/mol. The first kappa shape index (κ1) is 15.4. The van der Waals surface area contributed by atoms with E-state index in [-0.39, 0.29) is 17.2 Å². The van der Waals surface area contributed by atoms with Gasteiger partial charge in [-0.15, -0.1) is 0 Å². The van der Waals surface area contributed by atoms with Gasteiger partial charge >= 0.3 is 5.97 Å². The number of hydrogen-bond donors (Lipinski definition) is 2. The van der Waals surface area contributed by atoms with E-state index in [4.69, 9.17) is 4.74 Å². The van der Waals surface area contributed by atoms with E-state index in [1.165, 1.54) is 6.07 Å². The van der Waals surface area contributed by atoms with Gasteiger partial charge in [0.2, 0.25) is 0 Å². The number of benzene rings is 1. The number of ether oxygens (including phenoxy) is 1. The Morgan fingerprint density at radius 2 is 2.29 bits per heavy atom. The van der Waals surface area contributed by atoms with E-state index in [0.717, 1.165) is 12.8 Å². The average molecular weight is 292 g/mol. The lowest BCUT2D eigenvalue weighted by atomic mass is 9.71. The Labute approximate surface area is 123 Å². The van der Waals surface area contributed by atoms with E-state index in [1.54, 1.807) is 19.1 Å². The van der Waals surface area contributed by atoms with Gasteiger partial charge in [-0.2, -0.15) is 0 Å². The molecule has 2 unspecified atom stereocenters. The van der Waals surface area contributed by atoms with E-state index in [9.17, 15) is 19.8 Å². The summed E-state index contributed by atoms with van der Waals surface area (Å²) in [6.45, 7) is 2.12. The molecule has 1 aliphatic rings. The Hall–Kier alpha value is -2.04. The first-order valence-corrected chi connectivity index (χ1v) is 7.09. The summed E-state index contributed by atoms with van der Waals surface area (Å²) in [5, 5.41) is 18.9. The second-order valence-corrected chi connectivity index (χ2v) is 5.95. The van der Waals surface area contributed by atoms with Crippen LogP contribution >= 0.6 is 0 Å². The van der Waals surface area contributed by atoms with Gasteiger partial charge in [0.25, 0.3) is 0 Å². The van der Waals surface area contributed by atoms with Crippen LogP contribution in [0.4, 0.5) is 0 Å². The molecule has 21 heavy (non-hydrogen) atoms. The molecule has 2 rings (SSSR count). The van der Waals surface area contributed by atoms with Crippen molar-refractivity contribution in [3.8, 4) is 11.5 Å². The van der Waals surface area contributed by atoms with Crippen molar-refractivity contribution in [2.45, 2.75) is 32.6 Å². The maximum atomic E-state index is 11.3. The number of rotatable bonds is 5. The summed E-state index contributed by atoms with van der Waals surface area (Å²) >= 11 is 0. The normalized spacial score (nSPS) is 25.3. The van der Waals surface area contributed by atoms with Crippen LogP contribution in [0.25, 0.3) is 0 Å². The molecule has 0 heterocycles. The van der Waals surface area contributed by atoms with Gasteiger partial charge in [-0.3, -0.25) is 9.59 Å². The van der Waals surface area contributed by atoms with Crippen molar-refractivity contribution in [2.24, 2.45) is 11.3 Å². The molecule has 114 valence electrons. The minimum atomic E-state index is -0.766. The van der Waals surface area contributed by atoms with E-state index < -0.39 is 11.4 Å². The van der Waals surface area contributed by atoms with Crippen LogP contribution in [0.3, 0.4) is 0 Å². The van der Waals surface area contributed by atoms with Crippen LogP contribution in [-0.2, 0) is 4.79 Å². The van der Waals surface area contributed by atoms with Gasteiger partial charge in [0.05, 0.1) is 17.6 Å². The number of aliphatic carboxylic acids is 1. The number of aldehydes is 1. The van der Waals surface area contributed by atoms with Gasteiger partial charge in [0.1, 0.15) is 11.5 Å². The lowest BCUT2D eigenvalue weighted by Crippen LogP contribution is -2.35. The minimum Gasteiger partial charge on any atom is -0.507 e. The van der Waals surface area contributed by atoms with E-state index in [0.29, 0.717) is 31.5 Å². The zero-order valence-corrected chi connectivity index (χ0v) is 12.0. The van der Waals surface area contributed by atoms with Gasteiger partial charge in [0, 0.05) is 0 Å². The predicted octanol–water partition coefficient (Wildman–Crippen LogP) is 2.86. The smallest absolute Gasteiger partial charge is 0.309 e. The average Bonchev–Trinajstić information content (AvgIpc) is 2.45. The standard InChI is InChI=1S/C16H20O5/c1-16(15(19)20)7-3-4-11(8-16)10-21-14-6-2-5-13(18)12(14)9-17/h2,5-6,9,11,18H,3-4,7-8,10H2,1H3,(H,19,20). The van der Waals surface area contributed by atoms with Crippen molar-refractivity contribution in [3.63, 3.8) is 0 Å². The van der Waals surface area contributed by atoms with Crippen molar-refractivity contribution >= 4 is 12.3 Å². The first-order valence-electron chi connectivity index (χ1n) is 7.09. The van der Waals surface area contributed by atoms with Gasteiger partial charge < -0.3 is 14.9 Å². The fourth-order valence-corrected chi connectivity index (χ4v) is 2.94. The quantitative estimate of drug-likeness (QED) is 0.815. The third-order valence-corrected chi connectivity index (χ3v) is 4.23. The van der Waals surface area contributed by atoms with Gasteiger partial charge in [-0.25, -0.2) is 0 Å². The number of phenolic OH excluding ortho intramolecular Hbond substituents is 1. The van der Waals surface area contributed by atoms with Gasteiger partial charge in [-0.1, -0.05) is 12.5 Å². The maximum absolute atomic E-state index is 11.3. The molecule has 2 atom stereocenters. The number of hydrogen-bond acceptors (Lipinski definition) is 4. The van der Waals surface area contributed by atoms with Crippen LogP contribution in [0.15, 0.2) is 18.2 Å². The molecule has 2 N–H and O–H groups in total. The fraction of sp³-hybridized carbons (Fsp3) is 0.500. The SMILES string of the molecule is CC1(C(=O)O)CCCC(COc2cccc(O)c2C=O)C1. The highest BCUT2D eigenvalue weighted by atomic mass is 16.5. The number of aromatic hydroxyl groups is 1. The molecule has 0 saturated heterocycles. The molecular formula is C16H20O5. The van der Waals surface area contributed by atoms with Crippen LogP contribution in [0.2, 0.25) is 0 Å². The summed E-state index contributed by atoms with van der Waals surface area (Å²) in [6, 6.07) is 4.67.